The second-order valence-electron chi connectivity index (χ2n) is 8.02. The lowest BCUT2D eigenvalue weighted by molar-refractivity contribution is -0.127. The fraction of sp³-hybridized carbons (Fsp3) is 0.115. The molecule has 1 fully saturated rings. The summed E-state index contributed by atoms with van der Waals surface area (Å²) in [6, 6.07) is 16.7. The maximum absolute atomic E-state index is 12.8. The molecule has 0 aromatic heterocycles. The van der Waals surface area contributed by atoms with Gasteiger partial charge in [0.2, 0.25) is 5.91 Å². The number of carbonyl (C=O) groups excluding carboxylic acids is 3. The fourth-order valence-corrected chi connectivity index (χ4v) is 4.14. The average Bonchev–Trinajstić information content (AvgIpc) is 3.08. The minimum absolute atomic E-state index is 0.00916. The monoisotopic (exact) mass is 543 g/mol. The van der Waals surface area contributed by atoms with E-state index in [9.17, 15) is 14.4 Å². The number of anilines is 1. The van der Waals surface area contributed by atoms with Crippen molar-refractivity contribution in [2.24, 2.45) is 0 Å². The number of aryl methyl sites for hydroxylation is 1. The van der Waals surface area contributed by atoms with Crippen LogP contribution in [0.3, 0.4) is 0 Å². The molecule has 184 valence electrons. The van der Waals surface area contributed by atoms with Gasteiger partial charge >= 0.3 is 6.03 Å². The summed E-state index contributed by atoms with van der Waals surface area (Å²) < 4.78 is 5.76. The van der Waals surface area contributed by atoms with Gasteiger partial charge in [-0.25, -0.2) is 9.69 Å². The molecule has 1 heterocycles. The van der Waals surface area contributed by atoms with Crippen LogP contribution in [0.2, 0.25) is 15.1 Å². The van der Waals surface area contributed by atoms with Crippen LogP contribution >= 0.6 is 34.8 Å². The highest BCUT2D eigenvalue weighted by molar-refractivity contribution is 6.37. The molecule has 1 saturated heterocycles. The SMILES string of the molecule is Cc1ccc(NC(=O)CN2C(=O)N/C(=C/c3cc(Cl)c(OCc4ccc(Cl)cc4)c(Cl)c3)C2=O)cc1. The Labute approximate surface area is 222 Å². The smallest absolute Gasteiger partial charge is 0.329 e. The molecule has 0 atom stereocenters. The van der Waals surface area contributed by atoms with Crippen LogP contribution in [0.5, 0.6) is 5.75 Å². The van der Waals surface area contributed by atoms with Gasteiger partial charge in [0, 0.05) is 10.7 Å². The molecule has 4 rings (SSSR count). The number of nitrogens with zero attached hydrogens (tertiary/aromatic N) is 1. The highest BCUT2D eigenvalue weighted by Gasteiger charge is 2.35. The Bertz CT molecular complexity index is 1330. The molecule has 2 N–H and O–H groups in total. The first-order chi connectivity index (χ1) is 17.2. The van der Waals surface area contributed by atoms with E-state index in [2.05, 4.69) is 10.6 Å². The molecule has 0 aliphatic carbocycles. The van der Waals surface area contributed by atoms with E-state index in [1.807, 2.05) is 31.2 Å². The number of hydrogen-bond donors (Lipinski definition) is 2. The molecule has 0 bridgehead atoms. The summed E-state index contributed by atoms with van der Waals surface area (Å²) in [6.07, 6.45) is 1.43. The number of ether oxygens (including phenoxy) is 1. The van der Waals surface area contributed by atoms with Gasteiger partial charge in [0.15, 0.2) is 5.75 Å². The van der Waals surface area contributed by atoms with Gasteiger partial charge in [0.1, 0.15) is 18.8 Å². The van der Waals surface area contributed by atoms with Gasteiger partial charge in [-0.15, -0.1) is 0 Å². The van der Waals surface area contributed by atoms with Crippen molar-refractivity contribution < 1.29 is 19.1 Å². The van der Waals surface area contributed by atoms with Crippen LogP contribution in [0.15, 0.2) is 66.4 Å². The number of urea groups is 1. The topological polar surface area (TPSA) is 87.7 Å². The first kappa shape index (κ1) is 25.6. The van der Waals surface area contributed by atoms with E-state index in [0.717, 1.165) is 16.0 Å². The van der Waals surface area contributed by atoms with E-state index in [1.54, 1.807) is 36.4 Å². The van der Waals surface area contributed by atoms with E-state index in [1.165, 1.54) is 6.08 Å². The Morgan fingerprint density at radius 2 is 1.64 bits per heavy atom. The Balaban J connectivity index is 1.43. The molecule has 36 heavy (non-hydrogen) atoms. The van der Waals surface area contributed by atoms with Crippen molar-refractivity contribution in [3.05, 3.63) is 98.1 Å². The maximum Gasteiger partial charge on any atom is 0.329 e. The van der Waals surface area contributed by atoms with E-state index >= 15 is 0 Å². The zero-order valence-corrected chi connectivity index (χ0v) is 21.2. The number of halogens is 3. The standard InChI is InChI=1S/C26H20Cl3N3O4/c1-15-2-8-19(9-3-15)30-23(33)13-32-25(34)22(31-26(32)35)12-17-10-20(28)24(21(29)11-17)36-14-16-4-6-18(27)7-5-16/h2-12H,13-14H2,1H3,(H,30,33)(H,31,35)/b22-12+. The van der Waals surface area contributed by atoms with Gasteiger partial charge in [-0.2, -0.15) is 0 Å². The molecular weight excluding hydrogens is 525 g/mol. The third kappa shape index (κ3) is 6.18. The predicted molar refractivity (Wildman–Crippen MR) is 140 cm³/mol. The predicted octanol–water partition coefficient (Wildman–Crippen LogP) is 6.07. The number of amides is 4. The third-order valence-electron chi connectivity index (χ3n) is 5.23. The van der Waals surface area contributed by atoms with Gasteiger partial charge in [0.25, 0.3) is 5.91 Å². The minimum Gasteiger partial charge on any atom is -0.486 e. The third-order valence-corrected chi connectivity index (χ3v) is 6.04. The summed E-state index contributed by atoms with van der Waals surface area (Å²) in [6.45, 7) is 1.72. The number of nitrogens with one attached hydrogen (secondary N) is 2. The van der Waals surface area contributed by atoms with Crippen LogP contribution in [0, 0.1) is 6.92 Å². The molecule has 0 spiro atoms. The Hall–Kier alpha value is -3.52. The van der Waals surface area contributed by atoms with Crippen LogP contribution in [0.1, 0.15) is 16.7 Å². The van der Waals surface area contributed by atoms with Gasteiger partial charge in [-0.3, -0.25) is 9.59 Å². The highest BCUT2D eigenvalue weighted by Crippen LogP contribution is 2.35. The van der Waals surface area contributed by atoms with Gasteiger partial charge in [-0.05, 0) is 60.5 Å². The maximum atomic E-state index is 12.8. The number of rotatable bonds is 7. The second kappa shape index (κ2) is 11.0. The number of imide groups is 1. The normalized spacial score (nSPS) is 14.2. The molecular formula is C26H20Cl3N3O4. The molecule has 7 nitrogen and oxygen atoms in total. The molecule has 1 aliphatic heterocycles. The lowest BCUT2D eigenvalue weighted by Gasteiger charge is -2.12. The van der Waals surface area contributed by atoms with Crippen LogP contribution in [-0.2, 0) is 16.2 Å². The van der Waals surface area contributed by atoms with Crippen molar-refractivity contribution in [1.82, 2.24) is 10.2 Å². The molecule has 1 aliphatic rings. The Morgan fingerprint density at radius 3 is 2.28 bits per heavy atom. The second-order valence-corrected chi connectivity index (χ2v) is 9.27. The van der Waals surface area contributed by atoms with Crippen molar-refractivity contribution in [3.63, 3.8) is 0 Å². The number of carbonyl (C=O) groups is 3. The summed E-state index contributed by atoms with van der Waals surface area (Å²) in [5, 5.41) is 6.21. The van der Waals surface area contributed by atoms with Gasteiger partial charge in [-0.1, -0.05) is 64.6 Å². The molecule has 4 amide bonds. The Kier molecular flexibility index (Phi) is 7.84. The zero-order chi connectivity index (χ0) is 25.8. The van der Waals surface area contributed by atoms with Gasteiger partial charge < -0.3 is 15.4 Å². The average molecular weight is 545 g/mol. The molecule has 0 unspecified atom stereocenters. The summed E-state index contributed by atoms with van der Waals surface area (Å²) >= 11 is 18.6. The molecule has 3 aromatic carbocycles. The molecule has 0 radical (unpaired) electrons. The lowest BCUT2D eigenvalue weighted by Crippen LogP contribution is -2.38. The first-order valence-electron chi connectivity index (χ1n) is 10.8. The fourth-order valence-electron chi connectivity index (χ4n) is 3.40. The minimum atomic E-state index is -0.703. The summed E-state index contributed by atoms with van der Waals surface area (Å²) in [5.74, 6) is -0.863. The van der Waals surface area contributed by atoms with Crippen molar-refractivity contribution in [1.29, 1.82) is 0 Å². The van der Waals surface area contributed by atoms with E-state index < -0.39 is 24.4 Å². The summed E-state index contributed by atoms with van der Waals surface area (Å²) in [4.78, 5) is 38.3. The summed E-state index contributed by atoms with van der Waals surface area (Å²) in [5.41, 5.74) is 2.95. The Morgan fingerprint density at radius 1 is 1.00 bits per heavy atom. The van der Waals surface area contributed by atoms with Crippen molar-refractivity contribution in [3.8, 4) is 5.75 Å². The van der Waals surface area contributed by atoms with Crippen LogP contribution in [0.4, 0.5) is 10.5 Å². The quantitative estimate of drug-likeness (QED) is 0.279. The van der Waals surface area contributed by atoms with E-state index in [4.69, 9.17) is 39.5 Å². The largest absolute Gasteiger partial charge is 0.486 e. The molecule has 10 heteroatoms. The number of hydrogen-bond acceptors (Lipinski definition) is 4. The van der Waals surface area contributed by atoms with Crippen LogP contribution in [0.25, 0.3) is 6.08 Å². The van der Waals surface area contributed by atoms with Crippen molar-refractivity contribution in [2.45, 2.75) is 13.5 Å². The molecule has 3 aromatic rings. The summed E-state index contributed by atoms with van der Waals surface area (Å²) in [7, 11) is 0. The number of benzene rings is 3. The first-order valence-corrected chi connectivity index (χ1v) is 11.9. The van der Waals surface area contributed by atoms with E-state index in [0.29, 0.717) is 16.3 Å². The lowest BCUT2D eigenvalue weighted by atomic mass is 10.1. The van der Waals surface area contributed by atoms with Gasteiger partial charge in [0.05, 0.1) is 10.0 Å². The van der Waals surface area contributed by atoms with Crippen molar-refractivity contribution >= 4 is 64.4 Å². The highest BCUT2D eigenvalue weighted by atomic mass is 35.5. The van der Waals surface area contributed by atoms with Crippen LogP contribution in [-0.4, -0.2) is 29.3 Å². The van der Waals surface area contributed by atoms with Crippen molar-refractivity contribution in [2.75, 3.05) is 11.9 Å². The molecule has 0 saturated carbocycles. The van der Waals surface area contributed by atoms with E-state index in [-0.39, 0.29) is 28.1 Å². The zero-order valence-electron chi connectivity index (χ0n) is 19.0. The van der Waals surface area contributed by atoms with Crippen LogP contribution < -0.4 is 15.4 Å².